The Morgan fingerprint density at radius 1 is 0.905 bits per heavy atom. The molecule has 1 saturated heterocycles. The van der Waals surface area contributed by atoms with Crippen LogP contribution in [0.2, 0.25) is 0 Å². The Bertz CT molecular complexity index is 399. The SMILES string of the molecule is C=C(C)C1CCC(=O)CC1.C=C(C)C1CCOC(=O)CC1. The van der Waals surface area contributed by atoms with E-state index in [0.717, 1.165) is 38.5 Å². The van der Waals surface area contributed by atoms with Gasteiger partial charge in [-0.1, -0.05) is 24.3 Å². The summed E-state index contributed by atoms with van der Waals surface area (Å²) in [4.78, 5) is 21.6. The summed E-state index contributed by atoms with van der Waals surface area (Å²) in [6, 6.07) is 0. The fourth-order valence-corrected chi connectivity index (χ4v) is 2.75. The van der Waals surface area contributed by atoms with E-state index in [1.807, 2.05) is 6.92 Å². The van der Waals surface area contributed by atoms with E-state index < -0.39 is 0 Å². The summed E-state index contributed by atoms with van der Waals surface area (Å²) in [7, 11) is 0. The second kappa shape index (κ2) is 8.81. The molecule has 0 radical (unpaired) electrons. The first kappa shape index (κ1) is 17.7. The first-order valence-electron chi connectivity index (χ1n) is 7.88. The average Bonchev–Trinajstić information content (AvgIpc) is 2.65. The van der Waals surface area contributed by atoms with E-state index in [0.29, 0.717) is 30.6 Å². The summed E-state index contributed by atoms with van der Waals surface area (Å²) in [5.41, 5.74) is 2.41. The second-order valence-electron chi connectivity index (χ2n) is 6.25. The van der Waals surface area contributed by atoms with Crippen molar-refractivity contribution in [3.05, 3.63) is 24.3 Å². The third-order valence-corrected chi connectivity index (χ3v) is 4.36. The van der Waals surface area contributed by atoms with Crippen molar-refractivity contribution in [1.82, 2.24) is 0 Å². The number of hydrogen-bond donors (Lipinski definition) is 0. The summed E-state index contributed by atoms with van der Waals surface area (Å²) in [6.45, 7) is 12.4. The molecule has 0 aromatic rings. The van der Waals surface area contributed by atoms with Gasteiger partial charge in [0.1, 0.15) is 5.78 Å². The number of carbonyl (C=O) groups excluding carboxylic acids is 2. The predicted octanol–water partition coefficient (Wildman–Crippen LogP) is 4.23. The summed E-state index contributed by atoms with van der Waals surface area (Å²) >= 11 is 0. The van der Waals surface area contributed by atoms with Crippen LogP contribution in [0, 0.1) is 11.8 Å². The Morgan fingerprint density at radius 2 is 1.38 bits per heavy atom. The minimum atomic E-state index is -0.0613. The van der Waals surface area contributed by atoms with Crippen molar-refractivity contribution in [3.8, 4) is 0 Å². The van der Waals surface area contributed by atoms with Crippen molar-refractivity contribution >= 4 is 11.8 Å². The van der Waals surface area contributed by atoms with Crippen molar-refractivity contribution in [2.75, 3.05) is 6.61 Å². The topological polar surface area (TPSA) is 43.4 Å². The Balaban J connectivity index is 0.000000211. The molecule has 3 heteroatoms. The standard InChI is InChI=1S/C9H14O2.C9H14O/c1-7(2)8-3-4-9(10)11-6-5-8;1-7(2)8-3-5-9(10)6-4-8/h8H,1,3-6H2,2H3;8H,1,3-6H2,2H3. The van der Waals surface area contributed by atoms with Gasteiger partial charge in [0.15, 0.2) is 0 Å². The van der Waals surface area contributed by atoms with Crippen LogP contribution in [0.4, 0.5) is 0 Å². The Kier molecular flexibility index (Phi) is 7.41. The molecule has 2 fully saturated rings. The number of hydrogen-bond acceptors (Lipinski definition) is 3. The average molecular weight is 292 g/mol. The van der Waals surface area contributed by atoms with Crippen molar-refractivity contribution < 1.29 is 14.3 Å². The number of ether oxygens (including phenoxy) is 1. The van der Waals surface area contributed by atoms with Crippen LogP contribution in [0.25, 0.3) is 0 Å². The van der Waals surface area contributed by atoms with Crippen LogP contribution in [0.3, 0.4) is 0 Å². The Hall–Kier alpha value is -1.38. The minimum Gasteiger partial charge on any atom is -0.466 e. The largest absolute Gasteiger partial charge is 0.466 e. The van der Waals surface area contributed by atoms with E-state index in [1.54, 1.807) is 0 Å². The van der Waals surface area contributed by atoms with Gasteiger partial charge < -0.3 is 4.74 Å². The number of esters is 1. The molecule has 2 rings (SSSR count). The van der Waals surface area contributed by atoms with Crippen LogP contribution in [-0.4, -0.2) is 18.4 Å². The molecule has 1 saturated carbocycles. The number of allylic oxidation sites excluding steroid dienone is 2. The highest BCUT2D eigenvalue weighted by atomic mass is 16.5. The fourth-order valence-electron chi connectivity index (χ4n) is 2.75. The van der Waals surface area contributed by atoms with E-state index in [1.165, 1.54) is 11.1 Å². The first-order valence-corrected chi connectivity index (χ1v) is 7.88. The first-order chi connectivity index (χ1) is 9.90. The molecule has 1 unspecified atom stereocenters. The lowest BCUT2D eigenvalue weighted by atomic mass is 9.84. The van der Waals surface area contributed by atoms with Gasteiger partial charge >= 0.3 is 5.97 Å². The third-order valence-electron chi connectivity index (χ3n) is 4.36. The van der Waals surface area contributed by atoms with E-state index in [2.05, 4.69) is 20.1 Å². The van der Waals surface area contributed by atoms with Crippen LogP contribution in [0.15, 0.2) is 24.3 Å². The van der Waals surface area contributed by atoms with Gasteiger partial charge in [0.25, 0.3) is 0 Å². The van der Waals surface area contributed by atoms with Gasteiger partial charge in [-0.25, -0.2) is 0 Å². The lowest BCUT2D eigenvalue weighted by Gasteiger charge is -2.20. The zero-order valence-electron chi connectivity index (χ0n) is 13.5. The van der Waals surface area contributed by atoms with Gasteiger partial charge in [-0.3, -0.25) is 9.59 Å². The predicted molar refractivity (Wildman–Crippen MR) is 84.9 cm³/mol. The number of Topliss-reactive ketones (excluding diaryl/α,β-unsaturated/α-hetero) is 1. The van der Waals surface area contributed by atoms with Crippen molar-refractivity contribution in [3.63, 3.8) is 0 Å². The number of cyclic esters (lactones) is 1. The molecule has 0 amide bonds. The number of rotatable bonds is 2. The lowest BCUT2D eigenvalue weighted by molar-refractivity contribution is -0.142. The van der Waals surface area contributed by atoms with Gasteiger partial charge in [-0.15, -0.1) is 0 Å². The van der Waals surface area contributed by atoms with Crippen molar-refractivity contribution in [2.45, 2.75) is 58.8 Å². The maximum atomic E-state index is 10.8. The van der Waals surface area contributed by atoms with Gasteiger partial charge in [0.05, 0.1) is 6.61 Å². The monoisotopic (exact) mass is 292 g/mol. The zero-order valence-corrected chi connectivity index (χ0v) is 13.5. The third kappa shape index (κ3) is 6.74. The van der Waals surface area contributed by atoms with E-state index in [4.69, 9.17) is 4.74 Å². The van der Waals surface area contributed by atoms with Crippen LogP contribution >= 0.6 is 0 Å². The number of ketones is 1. The van der Waals surface area contributed by atoms with Crippen LogP contribution in [-0.2, 0) is 14.3 Å². The molecule has 3 nitrogen and oxygen atoms in total. The maximum absolute atomic E-state index is 10.8. The highest BCUT2D eigenvalue weighted by Crippen LogP contribution is 2.26. The van der Waals surface area contributed by atoms with E-state index in [9.17, 15) is 9.59 Å². The molecule has 0 spiro atoms. The molecule has 1 aliphatic heterocycles. The molecular weight excluding hydrogens is 264 g/mol. The van der Waals surface area contributed by atoms with Crippen LogP contribution in [0.1, 0.15) is 58.8 Å². The molecule has 2 aliphatic rings. The maximum Gasteiger partial charge on any atom is 0.305 e. The molecule has 1 atom stereocenters. The molecule has 1 aliphatic carbocycles. The molecular formula is C18H28O3. The molecule has 21 heavy (non-hydrogen) atoms. The molecule has 118 valence electrons. The molecule has 0 aromatic carbocycles. The fraction of sp³-hybridized carbons (Fsp3) is 0.667. The minimum absolute atomic E-state index is 0.0613. The van der Waals surface area contributed by atoms with Crippen LogP contribution in [0.5, 0.6) is 0 Å². The Labute approximate surface area is 128 Å². The second-order valence-corrected chi connectivity index (χ2v) is 6.25. The zero-order chi connectivity index (χ0) is 15.8. The quantitative estimate of drug-likeness (QED) is 0.565. The smallest absolute Gasteiger partial charge is 0.305 e. The van der Waals surface area contributed by atoms with Gasteiger partial charge in [-0.2, -0.15) is 0 Å². The normalized spacial score (nSPS) is 23.4. The van der Waals surface area contributed by atoms with Crippen molar-refractivity contribution in [2.24, 2.45) is 11.8 Å². The summed E-state index contributed by atoms with van der Waals surface area (Å²) < 4.78 is 4.90. The van der Waals surface area contributed by atoms with Crippen molar-refractivity contribution in [1.29, 1.82) is 0 Å². The van der Waals surface area contributed by atoms with Crippen LogP contribution < -0.4 is 0 Å². The van der Waals surface area contributed by atoms with E-state index in [-0.39, 0.29) is 5.97 Å². The van der Waals surface area contributed by atoms with Gasteiger partial charge in [-0.05, 0) is 51.4 Å². The Morgan fingerprint density at radius 3 is 1.90 bits per heavy atom. The molecule has 0 aromatic heterocycles. The highest BCUT2D eigenvalue weighted by molar-refractivity contribution is 5.79. The summed E-state index contributed by atoms with van der Waals surface area (Å²) in [5, 5.41) is 0. The molecule has 1 heterocycles. The molecule has 0 N–H and O–H groups in total. The molecule has 0 bridgehead atoms. The van der Waals surface area contributed by atoms with Gasteiger partial charge in [0, 0.05) is 19.3 Å². The van der Waals surface area contributed by atoms with E-state index >= 15 is 0 Å². The lowest BCUT2D eigenvalue weighted by Crippen LogP contribution is -2.13. The summed E-state index contributed by atoms with van der Waals surface area (Å²) in [5.74, 6) is 1.48. The van der Waals surface area contributed by atoms with Gasteiger partial charge in [0.2, 0.25) is 0 Å². The number of carbonyl (C=O) groups is 2. The highest BCUT2D eigenvalue weighted by Gasteiger charge is 2.18. The summed E-state index contributed by atoms with van der Waals surface area (Å²) in [6.07, 6.45) is 6.03.